The molecule has 190 valence electrons. The van der Waals surface area contributed by atoms with Crippen molar-refractivity contribution in [3.05, 3.63) is 44.5 Å². The molecule has 1 aliphatic carbocycles. The second-order valence-electron chi connectivity index (χ2n) is 8.15. The monoisotopic (exact) mass is 545 g/mol. The summed E-state index contributed by atoms with van der Waals surface area (Å²) >= 11 is 3.97. The van der Waals surface area contributed by atoms with Gasteiger partial charge in [0, 0.05) is 22.4 Å². The van der Waals surface area contributed by atoms with E-state index >= 15 is 0 Å². The van der Waals surface area contributed by atoms with Crippen LogP contribution in [-0.4, -0.2) is 44.9 Å². The molecular formula is C24H27N5O4S3. The van der Waals surface area contributed by atoms with Crippen LogP contribution in [0.4, 0.5) is 5.00 Å². The number of ether oxygens (including phenoxy) is 1. The molecule has 2 amide bonds. The Bertz CT molecular complexity index is 1320. The molecule has 0 spiro atoms. The zero-order valence-corrected chi connectivity index (χ0v) is 22.5. The lowest BCUT2D eigenvalue weighted by atomic mass is 9.95. The van der Waals surface area contributed by atoms with Gasteiger partial charge >= 0.3 is 5.97 Å². The molecule has 0 saturated carbocycles. The molecule has 0 aliphatic heterocycles. The first kappa shape index (κ1) is 26.1. The van der Waals surface area contributed by atoms with E-state index in [4.69, 9.17) is 10.5 Å². The Kier molecular flexibility index (Phi) is 8.27. The number of carbonyl (C=O) groups excluding carboxylic acids is 3. The van der Waals surface area contributed by atoms with E-state index in [2.05, 4.69) is 27.5 Å². The number of hydrogen-bond donors (Lipinski definition) is 2. The van der Waals surface area contributed by atoms with E-state index in [0.717, 1.165) is 35.6 Å². The van der Waals surface area contributed by atoms with Crippen molar-refractivity contribution in [2.24, 2.45) is 5.73 Å². The van der Waals surface area contributed by atoms with Crippen molar-refractivity contribution in [1.82, 2.24) is 14.8 Å². The molecule has 36 heavy (non-hydrogen) atoms. The van der Waals surface area contributed by atoms with E-state index in [9.17, 15) is 14.4 Å². The number of fused-ring (bicyclic) bond motifs is 1. The summed E-state index contributed by atoms with van der Waals surface area (Å²) in [6.45, 7) is 7.83. The molecule has 0 atom stereocenters. The van der Waals surface area contributed by atoms with Crippen LogP contribution in [-0.2, 0) is 28.9 Å². The van der Waals surface area contributed by atoms with Crippen LogP contribution in [0.1, 0.15) is 55.8 Å². The highest BCUT2D eigenvalue weighted by Gasteiger charge is 2.26. The third-order valence-electron chi connectivity index (χ3n) is 5.77. The number of anilines is 1. The van der Waals surface area contributed by atoms with E-state index in [-0.39, 0.29) is 33.7 Å². The van der Waals surface area contributed by atoms with Crippen molar-refractivity contribution >= 4 is 57.2 Å². The minimum Gasteiger partial charge on any atom is -0.462 e. The summed E-state index contributed by atoms with van der Waals surface area (Å²) in [6, 6.07) is 0. The lowest BCUT2D eigenvalue weighted by molar-refractivity contribution is -0.113. The van der Waals surface area contributed by atoms with Crippen molar-refractivity contribution in [3.63, 3.8) is 0 Å². The van der Waals surface area contributed by atoms with Gasteiger partial charge in [-0.2, -0.15) is 0 Å². The van der Waals surface area contributed by atoms with Gasteiger partial charge in [-0.15, -0.1) is 39.4 Å². The first-order chi connectivity index (χ1) is 17.3. The fraction of sp³-hybridized carbons (Fsp3) is 0.375. The third kappa shape index (κ3) is 5.25. The summed E-state index contributed by atoms with van der Waals surface area (Å²) in [7, 11) is 0. The largest absolute Gasteiger partial charge is 0.462 e. The summed E-state index contributed by atoms with van der Waals surface area (Å²) in [5.74, 6) is -0.829. The molecule has 3 heterocycles. The zero-order valence-electron chi connectivity index (χ0n) is 20.1. The SMILES string of the molecule is C=CCn1c(SCC(=O)Nc2sc(C(N)=O)c(C)c2C(=O)OCC)nnc1-c1csc2c1CCCC2. The van der Waals surface area contributed by atoms with Crippen LogP contribution in [0.3, 0.4) is 0 Å². The minimum atomic E-state index is -0.668. The van der Waals surface area contributed by atoms with Crippen molar-refractivity contribution in [3.8, 4) is 11.4 Å². The van der Waals surface area contributed by atoms with Crippen LogP contribution < -0.4 is 11.1 Å². The van der Waals surface area contributed by atoms with E-state index in [1.54, 1.807) is 31.3 Å². The first-order valence-electron chi connectivity index (χ1n) is 11.5. The standard InChI is InChI=1S/C24H27N5O4S3/c1-4-10-29-21(15-11-34-16-9-7-6-8-14(15)16)27-28-24(29)35-12-17(30)26-22-18(23(32)33-5-2)13(3)19(36-22)20(25)31/h4,11H,1,5-10,12H2,2-3H3,(H2,25,31)(H,26,30). The second kappa shape index (κ2) is 11.4. The molecule has 12 heteroatoms. The molecule has 3 N–H and O–H groups in total. The maximum Gasteiger partial charge on any atom is 0.341 e. The quantitative estimate of drug-likeness (QED) is 0.219. The molecule has 1 aliphatic rings. The minimum absolute atomic E-state index is 0.0299. The highest BCUT2D eigenvalue weighted by Crippen LogP contribution is 2.37. The molecule has 0 bridgehead atoms. The molecular weight excluding hydrogens is 518 g/mol. The molecule has 0 saturated heterocycles. The third-order valence-corrected chi connectivity index (χ3v) is 9.04. The number of hydrogen-bond acceptors (Lipinski definition) is 9. The van der Waals surface area contributed by atoms with Gasteiger partial charge in [0.2, 0.25) is 5.91 Å². The average molecular weight is 546 g/mol. The van der Waals surface area contributed by atoms with E-state index in [1.165, 1.54) is 35.0 Å². The topological polar surface area (TPSA) is 129 Å². The second-order valence-corrected chi connectivity index (χ2v) is 11.1. The van der Waals surface area contributed by atoms with Gasteiger partial charge in [0.1, 0.15) is 5.00 Å². The van der Waals surface area contributed by atoms with E-state index in [1.807, 2.05) is 4.57 Å². The molecule has 3 aromatic heterocycles. The Morgan fingerprint density at radius 2 is 2.08 bits per heavy atom. The highest BCUT2D eigenvalue weighted by atomic mass is 32.2. The van der Waals surface area contributed by atoms with E-state index in [0.29, 0.717) is 17.3 Å². The molecule has 4 rings (SSSR count). The number of thiophene rings is 2. The lowest BCUT2D eigenvalue weighted by Crippen LogP contribution is -2.17. The number of nitrogens with two attached hydrogens (primary N) is 1. The predicted molar refractivity (Wildman–Crippen MR) is 143 cm³/mol. The number of allylic oxidation sites excluding steroid dienone is 1. The predicted octanol–water partition coefficient (Wildman–Crippen LogP) is 4.45. The normalized spacial score (nSPS) is 12.7. The fourth-order valence-corrected chi connectivity index (χ4v) is 7.08. The molecule has 0 fully saturated rings. The number of thioether (sulfide) groups is 1. The van der Waals surface area contributed by atoms with Gasteiger partial charge in [0.05, 0.1) is 22.8 Å². The fourth-order valence-electron chi connectivity index (χ4n) is 4.15. The smallest absolute Gasteiger partial charge is 0.341 e. The molecule has 0 aromatic carbocycles. The number of rotatable bonds is 10. The van der Waals surface area contributed by atoms with Crippen molar-refractivity contribution in [1.29, 1.82) is 0 Å². The molecule has 0 unspecified atom stereocenters. The van der Waals surface area contributed by atoms with Gasteiger partial charge in [-0.1, -0.05) is 17.8 Å². The summed E-state index contributed by atoms with van der Waals surface area (Å²) in [5.41, 5.74) is 8.44. The van der Waals surface area contributed by atoms with Crippen LogP contribution in [0, 0.1) is 6.92 Å². The van der Waals surface area contributed by atoms with Crippen LogP contribution >= 0.6 is 34.4 Å². The van der Waals surface area contributed by atoms with Crippen molar-refractivity contribution in [2.45, 2.75) is 51.2 Å². The summed E-state index contributed by atoms with van der Waals surface area (Å²) in [6.07, 6.45) is 6.30. The Hall–Kier alpha value is -2.96. The van der Waals surface area contributed by atoms with Gasteiger partial charge in [-0.3, -0.25) is 14.2 Å². The first-order valence-corrected chi connectivity index (χ1v) is 14.2. The van der Waals surface area contributed by atoms with Gasteiger partial charge in [0.15, 0.2) is 11.0 Å². The number of nitrogens with one attached hydrogen (secondary N) is 1. The van der Waals surface area contributed by atoms with Crippen LogP contribution in [0.15, 0.2) is 23.2 Å². The number of carbonyl (C=O) groups is 3. The summed E-state index contributed by atoms with van der Waals surface area (Å²) in [5, 5.41) is 14.5. The van der Waals surface area contributed by atoms with Gasteiger partial charge < -0.3 is 15.8 Å². The summed E-state index contributed by atoms with van der Waals surface area (Å²) in [4.78, 5) is 38.7. The van der Waals surface area contributed by atoms with Crippen molar-refractivity contribution < 1.29 is 19.1 Å². The van der Waals surface area contributed by atoms with Crippen LogP contribution in [0.2, 0.25) is 0 Å². The molecule has 3 aromatic rings. The number of aromatic nitrogens is 3. The number of amides is 2. The Balaban J connectivity index is 1.52. The van der Waals surface area contributed by atoms with Crippen molar-refractivity contribution in [2.75, 3.05) is 17.7 Å². The van der Waals surface area contributed by atoms with Crippen LogP contribution in [0.25, 0.3) is 11.4 Å². The maximum atomic E-state index is 12.8. The molecule has 9 nitrogen and oxygen atoms in total. The van der Waals surface area contributed by atoms with Crippen LogP contribution in [0.5, 0.6) is 0 Å². The molecule has 0 radical (unpaired) electrons. The number of esters is 1. The number of aryl methyl sites for hydroxylation is 1. The maximum absolute atomic E-state index is 12.8. The Labute approximate surface area is 221 Å². The average Bonchev–Trinajstić information content (AvgIpc) is 3.53. The van der Waals surface area contributed by atoms with Gasteiger partial charge in [0.25, 0.3) is 5.91 Å². The number of primary amides is 1. The van der Waals surface area contributed by atoms with E-state index < -0.39 is 11.9 Å². The number of nitrogens with zero attached hydrogens (tertiary/aromatic N) is 3. The lowest BCUT2D eigenvalue weighted by Gasteiger charge is -2.13. The highest BCUT2D eigenvalue weighted by molar-refractivity contribution is 7.99. The Morgan fingerprint density at radius 1 is 1.31 bits per heavy atom. The Morgan fingerprint density at radius 3 is 2.81 bits per heavy atom. The summed E-state index contributed by atoms with van der Waals surface area (Å²) < 4.78 is 7.07. The van der Waals surface area contributed by atoms with Gasteiger partial charge in [-0.05, 0) is 50.7 Å². The zero-order chi connectivity index (χ0) is 25.8. The van der Waals surface area contributed by atoms with Gasteiger partial charge in [-0.25, -0.2) is 4.79 Å².